The molecule has 1 heterocycles. The number of likely N-dealkylation sites (N-methyl/N-ethyl adjacent to an activating group) is 1. The van der Waals surface area contributed by atoms with E-state index < -0.39 is 11.9 Å². The summed E-state index contributed by atoms with van der Waals surface area (Å²) in [5.74, 6) is -1.11. The van der Waals surface area contributed by atoms with E-state index in [1.54, 1.807) is 4.90 Å². The molecular weight excluding hydrogens is 248 g/mol. The second kappa shape index (κ2) is 5.88. The molecule has 0 aromatic heterocycles. The highest BCUT2D eigenvalue weighted by atomic mass is 16.5. The number of hydrogen-bond acceptors (Lipinski definition) is 4. The molecule has 0 spiro atoms. The van der Waals surface area contributed by atoms with Gasteiger partial charge in [0.05, 0.1) is 19.3 Å². The van der Waals surface area contributed by atoms with Gasteiger partial charge in [-0.2, -0.15) is 0 Å². The van der Waals surface area contributed by atoms with Crippen LogP contribution in [0.5, 0.6) is 0 Å². The number of aliphatic carboxylic acids is 1. The van der Waals surface area contributed by atoms with Gasteiger partial charge in [0.25, 0.3) is 0 Å². The number of hydrogen-bond donors (Lipinski definition) is 2. The summed E-state index contributed by atoms with van der Waals surface area (Å²) in [7, 11) is 0. The van der Waals surface area contributed by atoms with E-state index in [0.29, 0.717) is 25.5 Å². The largest absolute Gasteiger partial charge is 0.481 e. The molecule has 2 aliphatic rings. The first-order valence-corrected chi connectivity index (χ1v) is 6.90. The van der Waals surface area contributed by atoms with Gasteiger partial charge in [0.2, 0.25) is 5.91 Å². The second-order valence-electron chi connectivity index (χ2n) is 5.43. The average Bonchev–Trinajstić information content (AvgIpc) is 3.09. The monoisotopic (exact) mass is 270 g/mol. The summed E-state index contributed by atoms with van der Waals surface area (Å²) in [4.78, 5) is 25.0. The van der Waals surface area contributed by atoms with E-state index in [0.717, 1.165) is 12.8 Å². The summed E-state index contributed by atoms with van der Waals surface area (Å²) in [6.45, 7) is 2.83. The van der Waals surface area contributed by atoms with Gasteiger partial charge in [-0.15, -0.1) is 0 Å². The van der Waals surface area contributed by atoms with E-state index in [2.05, 4.69) is 0 Å². The molecule has 0 bridgehead atoms. The third-order valence-electron chi connectivity index (χ3n) is 4.07. The van der Waals surface area contributed by atoms with Crippen LogP contribution in [0.1, 0.15) is 26.2 Å². The normalized spacial score (nSPS) is 28.1. The second-order valence-corrected chi connectivity index (χ2v) is 5.43. The van der Waals surface area contributed by atoms with Gasteiger partial charge in [0.1, 0.15) is 5.92 Å². The molecule has 1 saturated carbocycles. The van der Waals surface area contributed by atoms with Gasteiger partial charge in [-0.25, -0.2) is 0 Å². The Balaban J connectivity index is 1.97. The quantitative estimate of drug-likeness (QED) is 0.712. The zero-order chi connectivity index (χ0) is 14.0. The zero-order valence-corrected chi connectivity index (χ0v) is 11.2. The molecule has 0 aromatic carbocycles. The fraction of sp³-hybridized carbons (Fsp3) is 0.846. The van der Waals surface area contributed by atoms with Crippen LogP contribution in [-0.4, -0.2) is 53.7 Å². The lowest BCUT2D eigenvalue weighted by Gasteiger charge is -2.30. The lowest BCUT2D eigenvalue weighted by molar-refractivity contribution is -0.145. The van der Waals surface area contributed by atoms with E-state index in [1.165, 1.54) is 0 Å². The number of rotatable bonds is 6. The number of nitrogens with zero attached hydrogens (tertiary/aromatic N) is 1. The van der Waals surface area contributed by atoms with Crippen molar-refractivity contribution >= 4 is 11.9 Å². The van der Waals surface area contributed by atoms with Crippen LogP contribution in [-0.2, 0) is 14.3 Å². The molecule has 0 aromatic rings. The number of nitrogens with two attached hydrogens (primary N) is 1. The molecular formula is C13H22N2O4. The Hall–Kier alpha value is -1.14. The molecule has 1 amide bonds. The van der Waals surface area contributed by atoms with Crippen molar-refractivity contribution in [2.24, 2.45) is 17.6 Å². The average molecular weight is 270 g/mol. The van der Waals surface area contributed by atoms with Crippen molar-refractivity contribution in [3.05, 3.63) is 0 Å². The first-order chi connectivity index (χ1) is 9.04. The number of carboxylic acids is 1. The van der Waals surface area contributed by atoms with E-state index in [9.17, 15) is 9.59 Å². The number of ether oxygens (including phenoxy) is 1. The number of carbonyl (C=O) groups is 2. The zero-order valence-electron chi connectivity index (χ0n) is 11.2. The molecule has 3 unspecified atom stereocenters. The summed E-state index contributed by atoms with van der Waals surface area (Å²) in [6.07, 6.45) is 2.51. The van der Waals surface area contributed by atoms with Crippen LogP contribution in [0.3, 0.4) is 0 Å². The fourth-order valence-corrected chi connectivity index (χ4v) is 2.69. The van der Waals surface area contributed by atoms with Crippen molar-refractivity contribution in [2.45, 2.75) is 38.3 Å². The van der Waals surface area contributed by atoms with Gasteiger partial charge in [-0.3, -0.25) is 9.59 Å². The van der Waals surface area contributed by atoms with Gasteiger partial charge >= 0.3 is 5.97 Å². The molecule has 0 radical (unpaired) electrons. The number of amides is 1. The van der Waals surface area contributed by atoms with Crippen LogP contribution < -0.4 is 5.73 Å². The highest BCUT2D eigenvalue weighted by Gasteiger charge is 2.40. The van der Waals surface area contributed by atoms with E-state index >= 15 is 0 Å². The van der Waals surface area contributed by atoms with Crippen LogP contribution in [0.15, 0.2) is 0 Å². The van der Waals surface area contributed by atoms with Crippen LogP contribution in [0.4, 0.5) is 0 Å². The molecule has 3 atom stereocenters. The molecule has 108 valence electrons. The van der Waals surface area contributed by atoms with Gasteiger partial charge in [-0.05, 0) is 25.7 Å². The Morgan fingerprint density at radius 3 is 2.63 bits per heavy atom. The van der Waals surface area contributed by atoms with Gasteiger partial charge in [0, 0.05) is 19.0 Å². The lowest BCUT2D eigenvalue weighted by atomic mass is 10.0. The standard InChI is InChI=1S/C13H22N2O4/c1-2-15(11-7-19-6-9(11)13(17)18)12(16)5-10(14)8-3-4-8/h8-11H,2-7,14H2,1H3,(H,17,18). The molecule has 2 rings (SSSR count). The van der Waals surface area contributed by atoms with E-state index in [4.69, 9.17) is 15.6 Å². The van der Waals surface area contributed by atoms with Crippen molar-refractivity contribution in [1.29, 1.82) is 0 Å². The van der Waals surface area contributed by atoms with E-state index in [-0.39, 0.29) is 24.6 Å². The Labute approximate surface area is 112 Å². The minimum Gasteiger partial charge on any atom is -0.481 e. The molecule has 1 aliphatic carbocycles. The lowest BCUT2D eigenvalue weighted by Crippen LogP contribution is -2.48. The minimum atomic E-state index is -0.903. The van der Waals surface area contributed by atoms with Crippen LogP contribution in [0.25, 0.3) is 0 Å². The third kappa shape index (κ3) is 3.25. The minimum absolute atomic E-state index is 0.0522. The number of carboxylic acid groups (broad SMARTS) is 1. The maximum Gasteiger partial charge on any atom is 0.311 e. The summed E-state index contributed by atoms with van der Waals surface area (Å²) < 4.78 is 5.22. The van der Waals surface area contributed by atoms with Crippen LogP contribution in [0, 0.1) is 11.8 Å². The smallest absolute Gasteiger partial charge is 0.311 e. The first kappa shape index (κ1) is 14.3. The van der Waals surface area contributed by atoms with Crippen molar-refractivity contribution in [3.8, 4) is 0 Å². The number of carbonyl (C=O) groups excluding carboxylic acids is 1. The predicted molar refractivity (Wildman–Crippen MR) is 68.4 cm³/mol. The predicted octanol–water partition coefficient (Wildman–Crippen LogP) is 0.0619. The Bertz CT molecular complexity index is 357. The molecule has 19 heavy (non-hydrogen) atoms. The Morgan fingerprint density at radius 1 is 1.42 bits per heavy atom. The molecule has 3 N–H and O–H groups in total. The van der Waals surface area contributed by atoms with Crippen molar-refractivity contribution < 1.29 is 19.4 Å². The fourth-order valence-electron chi connectivity index (χ4n) is 2.69. The van der Waals surface area contributed by atoms with Crippen molar-refractivity contribution in [2.75, 3.05) is 19.8 Å². The maximum absolute atomic E-state index is 12.3. The third-order valence-corrected chi connectivity index (χ3v) is 4.07. The Kier molecular flexibility index (Phi) is 4.42. The van der Waals surface area contributed by atoms with Crippen molar-refractivity contribution in [1.82, 2.24) is 4.90 Å². The molecule has 1 aliphatic heterocycles. The summed E-state index contributed by atoms with van der Waals surface area (Å²) in [5.41, 5.74) is 5.97. The van der Waals surface area contributed by atoms with Gasteiger partial charge < -0.3 is 20.5 Å². The highest BCUT2D eigenvalue weighted by molar-refractivity contribution is 5.79. The van der Waals surface area contributed by atoms with E-state index in [1.807, 2.05) is 6.92 Å². The van der Waals surface area contributed by atoms with Crippen LogP contribution in [0.2, 0.25) is 0 Å². The SMILES string of the molecule is CCN(C(=O)CC(N)C1CC1)C1COCC1C(=O)O. The molecule has 6 nitrogen and oxygen atoms in total. The maximum atomic E-state index is 12.3. The van der Waals surface area contributed by atoms with Gasteiger partial charge in [-0.1, -0.05) is 0 Å². The topological polar surface area (TPSA) is 92.9 Å². The molecule has 6 heteroatoms. The summed E-state index contributed by atoms with van der Waals surface area (Å²) >= 11 is 0. The summed E-state index contributed by atoms with van der Waals surface area (Å²) in [5, 5.41) is 9.15. The first-order valence-electron chi connectivity index (χ1n) is 6.90. The molecule has 2 fully saturated rings. The van der Waals surface area contributed by atoms with Crippen molar-refractivity contribution in [3.63, 3.8) is 0 Å². The molecule has 1 saturated heterocycles. The van der Waals surface area contributed by atoms with Gasteiger partial charge in [0.15, 0.2) is 0 Å². The highest BCUT2D eigenvalue weighted by Crippen LogP contribution is 2.33. The Morgan fingerprint density at radius 2 is 2.11 bits per heavy atom. The van der Waals surface area contributed by atoms with Crippen LogP contribution >= 0.6 is 0 Å². The summed E-state index contributed by atoms with van der Waals surface area (Å²) in [6, 6.07) is -0.450.